The number of rotatable bonds is 6. The lowest BCUT2D eigenvalue weighted by Crippen LogP contribution is -2.47. The van der Waals surface area contributed by atoms with Crippen LogP contribution in [-0.4, -0.2) is 61.0 Å². The number of benzene rings is 1. The van der Waals surface area contributed by atoms with Crippen LogP contribution < -0.4 is 15.5 Å². The first-order valence-electron chi connectivity index (χ1n) is 10.0. The van der Waals surface area contributed by atoms with Gasteiger partial charge in [0, 0.05) is 31.7 Å². The van der Waals surface area contributed by atoms with Crippen LogP contribution in [0.3, 0.4) is 0 Å². The lowest BCUT2D eigenvalue weighted by molar-refractivity contribution is -0.118. The van der Waals surface area contributed by atoms with Crippen LogP contribution >= 0.6 is 0 Å². The van der Waals surface area contributed by atoms with Gasteiger partial charge in [-0.3, -0.25) is 9.59 Å². The minimum atomic E-state index is -0.639. The van der Waals surface area contributed by atoms with Crippen LogP contribution in [0.2, 0.25) is 0 Å². The maximum absolute atomic E-state index is 12.8. The SMILES string of the molecule is CC(C)[C@@H](NC(=O)c1ccccc1)C(=O)Nc1ccc(N2CCN(C)CC2)nc1. The lowest BCUT2D eigenvalue weighted by atomic mass is 10.0. The van der Waals surface area contributed by atoms with Crippen molar-refractivity contribution in [3.63, 3.8) is 0 Å². The van der Waals surface area contributed by atoms with Gasteiger partial charge in [-0.15, -0.1) is 0 Å². The number of likely N-dealkylation sites (N-methyl/N-ethyl adjacent to an activating group) is 1. The molecule has 1 aromatic carbocycles. The number of carbonyl (C=O) groups excluding carboxylic acids is 2. The van der Waals surface area contributed by atoms with E-state index in [0.717, 1.165) is 32.0 Å². The van der Waals surface area contributed by atoms with Gasteiger partial charge in [-0.25, -0.2) is 4.98 Å². The van der Waals surface area contributed by atoms with E-state index < -0.39 is 6.04 Å². The Balaban J connectivity index is 1.61. The molecule has 0 bridgehead atoms. The second-order valence-corrected chi connectivity index (χ2v) is 7.75. The molecule has 0 radical (unpaired) electrons. The van der Waals surface area contributed by atoms with Gasteiger partial charge in [0.05, 0.1) is 11.9 Å². The molecular weight excluding hydrogens is 366 g/mol. The minimum absolute atomic E-state index is 0.0553. The fourth-order valence-electron chi connectivity index (χ4n) is 3.25. The Morgan fingerprint density at radius 2 is 1.69 bits per heavy atom. The fraction of sp³-hybridized carbons (Fsp3) is 0.409. The molecule has 154 valence electrons. The lowest BCUT2D eigenvalue weighted by Gasteiger charge is -2.33. The second-order valence-electron chi connectivity index (χ2n) is 7.75. The number of nitrogens with one attached hydrogen (secondary N) is 2. The van der Waals surface area contributed by atoms with Crippen LogP contribution in [0.1, 0.15) is 24.2 Å². The predicted molar refractivity (Wildman–Crippen MR) is 115 cm³/mol. The molecule has 1 aliphatic rings. The quantitative estimate of drug-likeness (QED) is 0.784. The molecule has 3 rings (SSSR count). The summed E-state index contributed by atoms with van der Waals surface area (Å²) in [5, 5.41) is 5.71. The van der Waals surface area contributed by atoms with Crippen molar-refractivity contribution < 1.29 is 9.59 Å². The molecule has 2 aromatic rings. The standard InChI is InChI=1S/C22H29N5O2/c1-16(2)20(25-21(28)17-7-5-4-6-8-17)22(29)24-18-9-10-19(23-15-18)27-13-11-26(3)12-14-27/h4-10,15-16,20H,11-14H2,1-3H3,(H,24,29)(H,25,28)/t20-/m1/s1. The first-order valence-corrected chi connectivity index (χ1v) is 10.0. The molecule has 1 aliphatic heterocycles. The Bertz CT molecular complexity index is 815. The number of nitrogens with zero attached hydrogens (tertiary/aromatic N) is 3. The summed E-state index contributed by atoms with van der Waals surface area (Å²) >= 11 is 0. The molecule has 2 amide bonds. The van der Waals surface area contributed by atoms with E-state index in [-0.39, 0.29) is 17.7 Å². The first-order chi connectivity index (χ1) is 13.9. The van der Waals surface area contributed by atoms with Crippen LogP contribution in [0.25, 0.3) is 0 Å². The fourth-order valence-corrected chi connectivity index (χ4v) is 3.25. The number of pyridine rings is 1. The zero-order chi connectivity index (χ0) is 20.8. The van der Waals surface area contributed by atoms with Gasteiger partial charge < -0.3 is 20.4 Å². The van der Waals surface area contributed by atoms with Crippen molar-refractivity contribution in [2.45, 2.75) is 19.9 Å². The zero-order valence-electron chi connectivity index (χ0n) is 17.3. The van der Waals surface area contributed by atoms with E-state index in [4.69, 9.17) is 0 Å². The van der Waals surface area contributed by atoms with Crippen molar-refractivity contribution >= 4 is 23.3 Å². The maximum Gasteiger partial charge on any atom is 0.251 e. The average Bonchev–Trinajstić information content (AvgIpc) is 2.73. The molecule has 29 heavy (non-hydrogen) atoms. The largest absolute Gasteiger partial charge is 0.354 e. The molecule has 0 aliphatic carbocycles. The van der Waals surface area contributed by atoms with E-state index in [1.165, 1.54) is 0 Å². The highest BCUT2D eigenvalue weighted by Gasteiger charge is 2.25. The predicted octanol–water partition coefficient (Wildman–Crippen LogP) is 2.23. The number of hydrogen-bond acceptors (Lipinski definition) is 5. The summed E-state index contributed by atoms with van der Waals surface area (Å²) in [5.41, 5.74) is 1.15. The highest BCUT2D eigenvalue weighted by atomic mass is 16.2. The summed E-state index contributed by atoms with van der Waals surface area (Å²) in [4.78, 5) is 34.3. The van der Waals surface area contributed by atoms with E-state index >= 15 is 0 Å². The monoisotopic (exact) mass is 395 g/mol. The molecule has 1 fully saturated rings. The molecule has 0 saturated carbocycles. The van der Waals surface area contributed by atoms with Gasteiger partial charge in [-0.05, 0) is 37.2 Å². The van der Waals surface area contributed by atoms with Crippen molar-refractivity contribution in [2.75, 3.05) is 43.4 Å². The number of piperazine rings is 1. The van der Waals surface area contributed by atoms with E-state index in [1.807, 2.05) is 32.0 Å². The first kappa shape index (κ1) is 20.8. The van der Waals surface area contributed by atoms with E-state index in [2.05, 4.69) is 32.5 Å². The molecule has 0 spiro atoms. The average molecular weight is 396 g/mol. The summed E-state index contributed by atoms with van der Waals surface area (Å²) in [5.74, 6) is 0.343. The van der Waals surface area contributed by atoms with E-state index in [0.29, 0.717) is 11.3 Å². The van der Waals surface area contributed by atoms with Gasteiger partial charge in [0.2, 0.25) is 5.91 Å². The summed E-state index contributed by atoms with van der Waals surface area (Å²) in [6.07, 6.45) is 1.67. The highest BCUT2D eigenvalue weighted by molar-refractivity contribution is 6.01. The molecule has 2 N–H and O–H groups in total. The van der Waals surface area contributed by atoms with Crippen molar-refractivity contribution in [1.82, 2.24) is 15.2 Å². The second kappa shape index (κ2) is 9.52. The van der Waals surface area contributed by atoms with Gasteiger partial charge in [0.1, 0.15) is 11.9 Å². The Labute approximate surface area is 172 Å². The van der Waals surface area contributed by atoms with Gasteiger partial charge in [-0.1, -0.05) is 32.0 Å². The van der Waals surface area contributed by atoms with Gasteiger partial charge in [0.15, 0.2) is 0 Å². The third-order valence-electron chi connectivity index (χ3n) is 5.11. The van der Waals surface area contributed by atoms with Crippen LogP contribution in [-0.2, 0) is 4.79 Å². The molecular formula is C22H29N5O2. The van der Waals surface area contributed by atoms with Crippen molar-refractivity contribution in [3.8, 4) is 0 Å². The summed E-state index contributed by atoms with van der Waals surface area (Å²) in [6, 6.07) is 12.0. The highest BCUT2D eigenvalue weighted by Crippen LogP contribution is 2.17. The van der Waals surface area contributed by atoms with E-state index in [9.17, 15) is 9.59 Å². The number of amides is 2. The Hall–Kier alpha value is -2.93. The molecule has 1 aromatic heterocycles. The smallest absolute Gasteiger partial charge is 0.251 e. The van der Waals surface area contributed by atoms with Crippen LogP contribution in [0.15, 0.2) is 48.7 Å². The van der Waals surface area contributed by atoms with Crippen molar-refractivity contribution in [1.29, 1.82) is 0 Å². The van der Waals surface area contributed by atoms with Crippen LogP contribution in [0, 0.1) is 5.92 Å². The van der Waals surface area contributed by atoms with Gasteiger partial charge >= 0.3 is 0 Å². The molecule has 2 heterocycles. The number of hydrogen-bond donors (Lipinski definition) is 2. The number of carbonyl (C=O) groups is 2. The topological polar surface area (TPSA) is 77.6 Å². The number of anilines is 2. The van der Waals surface area contributed by atoms with Crippen LogP contribution in [0.5, 0.6) is 0 Å². The Morgan fingerprint density at radius 3 is 2.28 bits per heavy atom. The Morgan fingerprint density at radius 1 is 1.00 bits per heavy atom. The van der Waals surface area contributed by atoms with Crippen molar-refractivity contribution in [3.05, 3.63) is 54.2 Å². The normalized spacial score (nSPS) is 15.8. The Kier molecular flexibility index (Phi) is 6.82. The van der Waals surface area contributed by atoms with Crippen molar-refractivity contribution in [2.24, 2.45) is 5.92 Å². The molecule has 0 unspecified atom stereocenters. The maximum atomic E-state index is 12.8. The van der Waals surface area contributed by atoms with Gasteiger partial charge in [-0.2, -0.15) is 0 Å². The summed E-state index contributed by atoms with van der Waals surface area (Å²) < 4.78 is 0. The third kappa shape index (κ3) is 5.54. The third-order valence-corrected chi connectivity index (χ3v) is 5.11. The minimum Gasteiger partial charge on any atom is -0.354 e. The number of aromatic nitrogens is 1. The molecule has 7 heteroatoms. The van der Waals surface area contributed by atoms with Crippen LogP contribution in [0.4, 0.5) is 11.5 Å². The molecule has 7 nitrogen and oxygen atoms in total. The van der Waals surface area contributed by atoms with Gasteiger partial charge in [0.25, 0.3) is 5.91 Å². The molecule has 1 saturated heterocycles. The summed E-state index contributed by atoms with van der Waals surface area (Å²) in [6.45, 7) is 7.72. The molecule has 1 atom stereocenters. The summed E-state index contributed by atoms with van der Waals surface area (Å²) in [7, 11) is 2.12. The zero-order valence-corrected chi connectivity index (χ0v) is 17.3. The van der Waals surface area contributed by atoms with E-state index in [1.54, 1.807) is 30.5 Å².